The zero-order chi connectivity index (χ0) is 26.0. The number of aromatic hydroxyl groups is 1. The van der Waals surface area contributed by atoms with E-state index in [1.165, 1.54) is 18.5 Å². The summed E-state index contributed by atoms with van der Waals surface area (Å²) in [5.41, 5.74) is 7.12. The Morgan fingerprint density at radius 1 is 1.03 bits per heavy atom. The number of carbonyl (C=O) groups excluding carboxylic acids is 3. The number of phenolic OH excluding ortho intramolecular Hbond substituents is 1. The molecule has 35 heavy (non-hydrogen) atoms. The van der Waals surface area contributed by atoms with Crippen molar-refractivity contribution in [2.24, 2.45) is 11.7 Å². The second-order valence-electron chi connectivity index (χ2n) is 8.62. The predicted octanol–water partition coefficient (Wildman–Crippen LogP) is -0.556. The normalized spacial score (nSPS) is 13.5. The number of aromatic nitrogens is 2. The first-order chi connectivity index (χ1) is 16.5. The molecule has 0 aliphatic rings. The third-order valence-corrected chi connectivity index (χ3v) is 5.10. The van der Waals surface area contributed by atoms with E-state index in [4.69, 9.17) is 5.73 Å². The summed E-state index contributed by atoms with van der Waals surface area (Å²) >= 11 is 0. The number of nitrogens with two attached hydrogens (primary N) is 1. The van der Waals surface area contributed by atoms with E-state index in [0.29, 0.717) is 11.3 Å². The Balaban J connectivity index is 1.93. The fraction of sp³-hybridized carbons (Fsp3) is 0.435. The van der Waals surface area contributed by atoms with E-state index >= 15 is 0 Å². The van der Waals surface area contributed by atoms with Crippen molar-refractivity contribution in [3.8, 4) is 5.75 Å². The minimum Gasteiger partial charge on any atom is -0.508 e. The number of carbonyl (C=O) groups is 4. The van der Waals surface area contributed by atoms with Gasteiger partial charge in [-0.3, -0.25) is 14.4 Å². The molecule has 12 nitrogen and oxygen atoms in total. The van der Waals surface area contributed by atoms with Crippen molar-refractivity contribution in [3.05, 3.63) is 48.0 Å². The molecule has 3 amide bonds. The van der Waals surface area contributed by atoms with Crippen LogP contribution in [0.4, 0.5) is 0 Å². The molecule has 0 radical (unpaired) electrons. The van der Waals surface area contributed by atoms with Gasteiger partial charge in [-0.1, -0.05) is 26.0 Å². The zero-order valence-corrected chi connectivity index (χ0v) is 19.7. The van der Waals surface area contributed by atoms with Gasteiger partial charge >= 0.3 is 5.97 Å². The largest absolute Gasteiger partial charge is 0.508 e. The van der Waals surface area contributed by atoms with Crippen LogP contribution in [-0.2, 0) is 32.0 Å². The number of imidazole rings is 1. The third kappa shape index (κ3) is 9.45. The first-order valence-electron chi connectivity index (χ1n) is 11.2. The minimum atomic E-state index is -1.24. The molecular weight excluding hydrogens is 456 g/mol. The van der Waals surface area contributed by atoms with Crippen LogP contribution in [0.1, 0.15) is 31.5 Å². The highest BCUT2D eigenvalue weighted by Crippen LogP contribution is 2.12. The number of rotatable bonds is 13. The highest BCUT2D eigenvalue weighted by molar-refractivity contribution is 5.92. The Bertz CT molecular complexity index is 992. The van der Waals surface area contributed by atoms with Crippen molar-refractivity contribution in [1.82, 2.24) is 25.9 Å². The number of aliphatic carboxylic acids is 1. The Kier molecular flexibility index (Phi) is 10.2. The van der Waals surface area contributed by atoms with Gasteiger partial charge in [0.1, 0.15) is 17.8 Å². The summed E-state index contributed by atoms with van der Waals surface area (Å²) in [6.07, 6.45) is 3.47. The number of carboxylic acid groups (broad SMARTS) is 1. The average molecular weight is 489 g/mol. The Labute approximate surface area is 202 Å². The van der Waals surface area contributed by atoms with E-state index in [1.807, 2.05) is 13.8 Å². The van der Waals surface area contributed by atoms with Crippen LogP contribution in [0.3, 0.4) is 0 Å². The number of hydrogen-bond acceptors (Lipinski definition) is 7. The lowest BCUT2D eigenvalue weighted by molar-refractivity contribution is -0.142. The molecule has 1 aromatic carbocycles. The van der Waals surface area contributed by atoms with Gasteiger partial charge in [0.15, 0.2) is 0 Å². The lowest BCUT2D eigenvalue weighted by Gasteiger charge is -2.23. The predicted molar refractivity (Wildman–Crippen MR) is 126 cm³/mol. The summed E-state index contributed by atoms with van der Waals surface area (Å²) in [6.45, 7) is 3.31. The number of phenols is 1. The highest BCUT2D eigenvalue weighted by atomic mass is 16.4. The van der Waals surface area contributed by atoms with Crippen molar-refractivity contribution in [3.63, 3.8) is 0 Å². The molecule has 0 aliphatic heterocycles. The number of amides is 3. The van der Waals surface area contributed by atoms with Gasteiger partial charge in [0.05, 0.1) is 18.9 Å². The summed E-state index contributed by atoms with van der Waals surface area (Å²) in [5.74, 6) is -2.99. The van der Waals surface area contributed by atoms with Gasteiger partial charge in [0.25, 0.3) is 0 Å². The Morgan fingerprint density at radius 3 is 2.29 bits per heavy atom. The van der Waals surface area contributed by atoms with Crippen molar-refractivity contribution in [1.29, 1.82) is 0 Å². The topological polar surface area (TPSA) is 200 Å². The van der Waals surface area contributed by atoms with Gasteiger partial charge in [-0.25, -0.2) is 9.78 Å². The van der Waals surface area contributed by atoms with Crippen LogP contribution in [0.2, 0.25) is 0 Å². The summed E-state index contributed by atoms with van der Waals surface area (Å²) in [5, 5.41) is 26.4. The number of nitrogens with zero attached hydrogens (tertiary/aromatic N) is 1. The molecule has 3 atom stereocenters. The summed E-state index contributed by atoms with van der Waals surface area (Å²) in [7, 11) is 0. The van der Waals surface area contributed by atoms with Crippen LogP contribution in [0.25, 0.3) is 0 Å². The Morgan fingerprint density at radius 2 is 1.71 bits per heavy atom. The quantitative estimate of drug-likeness (QED) is 0.194. The minimum absolute atomic E-state index is 0.00598. The maximum absolute atomic E-state index is 12.9. The summed E-state index contributed by atoms with van der Waals surface area (Å²) < 4.78 is 0. The maximum atomic E-state index is 12.9. The molecule has 0 saturated carbocycles. The number of H-pyrrole nitrogens is 1. The van der Waals surface area contributed by atoms with Crippen LogP contribution in [-0.4, -0.2) is 68.5 Å². The van der Waals surface area contributed by atoms with Crippen molar-refractivity contribution in [2.45, 2.75) is 51.2 Å². The number of carboxylic acids is 1. The van der Waals surface area contributed by atoms with E-state index < -0.39 is 48.4 Å². The fourth-order valence-corrected chi connectivity index (χ4v) is 3.31. The number of benzene rings is 1. The van der Waals surface area contributed by atoms with Crippen LogP contribution < -0.4 is 21.7 Å². The lowest BCUT2D eigenvalue weighted by atomic mass is 10.0. The monoisotopic (exact) mass is 488 g/mol. The molecule has 12 heteroatoms. The zero-order valence-electron chi connectivity index (χ0n) is 19.7. The van der Waals surface area contributed by atoms with Gasteiger partial charge in [-0.2, -0.15) is 0 Å². The molecule has 0 aliphatic carbocycles. The lowest BCUT2D eigenvalue weighted by Crippen LogP contribution is -2.54. The van der Waals surface area contributed by atoms with E-state index in [0.717, 1.165) is 0 Å². The molecule has 0 spiro atoms. The maximum Gasteiger partial charge on any atom is 0.326 e. The number of aromatic amines is 1. The molecule has 1 heterocycles. The molecule has 0 bridgehead atoms. The molecule has 1 aromatic heterocycles. The molecular formula is C23H32N6O6. The third-order valence-electron chi connectivity index (χ3n) is 5.10. The number of hydrogen-bond donors (Lipinski definition) is 7. The molecule has 2 aromatic rings. The van der Waals surface area contributed by atoms with Crippen LogP contribution >= 0.6 is 0 Å². The van der Waals surface area contributed by atoms with Gasteiger partial charge in [-0.15, -0.1) is 0 Å². The first kappa shape index (κ1) is 27.3. The van der Waals surface area contributed by atoms with Gasteiger partial charge in [-0.05, 0) is 30.0 Å². The first-order valence-corrected chi connectivity index (χ1v) is 11.2. The van der Waals surface area contributed by atoms with Crippen molar-refractivity contribution in [2.75, 3.05) is 6.54 Å². The van der Waals surface area contributed by atoms with Gasteiger partial charge in [0, 0.05) is 24.7 Å². The second kappa shape index (κ2) is 13.1. The van der Waals surface area contributed by atoms with E-state index in [-0.39, 0.29) is 30.9 Å². The standard InChI is InChI=1S/C23H32N6O6/c1-13(2)7-18(22(33)29-19(23(34)35)8-14-3-5-16(30)6-4-14)28-20(31)11-26-21(32)17(24)9-15-10-25-12-27-15/h3-6,10,12-13,17-19,30H,7-9,11,24H2,1-2H3,(H,25,27)(H,26,32)(H,28,31)(H,29,33)(H,34,35). The van der Waals surface area contributed by atoms with E-state index in [9.17, 15) is 29.4 Å². The van der Waals surface area contributed by atoms with Crippen molar-refractivity contribution < 1.29 is 29.4 Å². The molecule has 8 N–H and O–H groups in total. The molecule has 3 unspecified atom stereocenters. The number of nitrogens with one attached hydrogen (secondary N) is 4. The second-order valence-corrected chi connectivity index (χ2v) is 8.62. The van der Waals surface area contributed by atoms with Crippen LogP contribution in [0.5, 0.6) is 5.75 Å². The molecule has 190 valence electrons. The molecule has 0 fully saturated rings. The van der Waals surface area contributed by atoms with E-state index in [2.05, 4.69) is 25.9 Å². The summed E-state index contributed by atoms with van der Waals surface area (Å²) in [6, 6.07) is 2.84. The summed E-state index contributed by atoms with van der Waals surface area (Å²) in [4.78, 5) is 55.8. The molecule has 0 saturated heterocycles. The molecule has 2 rings (SSSR count). The van der Waals surface area contributed by atoms with Gasteiger partial charge in [0.2, 0.25) is 17.7 Å². The van der Waals surface area contributed by atoms with E-state index in [1.54, 1.807) is 18.3 Å². The van der Waals surface area contributed by atoms with Crippen molar-refractivity contribution >= 4 is 23.7 Å². The Hall–Kier alpha value is -3.93. The SMILES string of the molecule is CC(C)CC(NC(=O)CNC(=O)C(N)Cc1cnc[nH]1)C(=O)NC(Cc1ccc(O)cc1)C(=O)O. The highest BCUT2D eigenvalue weighted by Gasteiger charge is 2.27. The van der Waals surface area contributed by atoms with Crippen LogP contribution in [0, 0.1) is 5.92 Å². The smallest absolute Gasteiger partial charge is 0.326 e. The fourth-order valence-electron chi connectivity index (χ4n) is 3.31. The van der Waals surface area contributed by atoms with Crippen LogP contribution in [0.15, 0.2) is 36.8 Å². The average Bonchev–Trinajstić information content (AvgIpc) is 3.30. The van der Waals surface area contributed by atoms with Gasteiger partial charge < -0.3 is 36.9 Å².